The van der Waals surface area contributed by atoms with Gasteiger partial charge in [0.05, 0.1) is 12.8 Å². The molecule has 5 heteroatoms. The van der Waals surface area contributed by atoms with Crippen molar-refractivity contribution in [2.24, 2.45) is 0 Å². The quantitative estimate of drug-likeness (QED) is 0.713. The zero-order valence-corrected chi connectivity index (χ0v) is 15.1. The number of imidazole rings is 1. The Labute approximate surface area is 147 Å². The molecule has 2 aromatic heterocycles. The molecule has 0 spiro atoms. The first kappa shape index (κ1) is 17.0. The molecule has 0 N–H and O–H groups in total. The SMILES string of the molecule is COc1cccn2c(C(=O)N(Cc3ccccc3)C(C)C)c(C)nc12. The van der Waals surface area contributed by atoms with E-state index in [1.807, 2.05) is 78.7 Å². The highest BCUT2D eigenvalue weighted by atomic mass is 16.5. The highest BCUT2D eigenvalue weighted by Crippen LogP contribution is 2.23. The zero-order chi connectivity index (χ0) is 18.0. The zero-order valence-electron chi connectivity index (χ0n) is 15.1. The average Bonchev–Trinajstić information content (AvgIpc) is 2.95. The van der Waals surface area contributed by atoms with Gasteiger partial charge in [0.2, 0.25) is 0 Å². The van der Waals surface area contributed by atoms with Crippen molar-refractivity contribution < 1.29 is 9.53 Å². The molecular formula is C20H23N3O2. The number of aromatic nitrogens is 2. The molecule has 0 fully saturated rings. The van der Waals surface area contributed by atoms with Crippen LogP contribution in [-0.4, -0.2) is 33.3 Å². The number of hydrogen-bond acceptors (Lipinski definition) is 3. The largest absolute Gasteiger partial charge is 0.493 e. The van der Waals surface area contributed by atoms with Crippen LogP contribution >= 0.6 is 0 Å². The highest BCUT2D eigenvalue weighted by Gasteiger charge is 2.25. The summed E-state index contributed by atoms with van der Waals surface area (Å²) in [6, 6.07) is 13.8. The Hall–Kier alpha value is -2.82. The first-order valence-electron chi connectivity index (χ1n) is 8.39. The van der Waals surface area contributed by atoms with Gasteiger partial charge in [0.1, 0.15) is 5.69 Å². The maximum Gasteiger partial charge on any atom is 0.273 e. The van der Waals surface area contributed by atoms with Crippen LogP contribution in [0.1, 0.15) is 35.6 Å². The van der Waals surface area contributed by atoms with Gasteiger partial charge < -0.3 is 9.64 Å². The molecule has 0 radical (unpaired) electrons. The van der Waals surface area contributed by atoms with Gasteiger partial charge in [0.25, 0.3) is 5.91 Å². The van der Waals surface area contributed by atoms with Crippen molar-refractivity contribution in [2.45, 2.75) is 33.4 Å². The van der Waals surface area contributed by atoms with Crippen LogP contribution < -0.4 is 4.74 Å². The number of carbonyl (C=O) groups excluding carboxylic acids is 1. The maximum absolute atomic E-state index is 13.3. The molecule has 3 rings (SSSR count). The van der Waals surface area contributed by atoms with Crippen molar-refractivity contribution in [2.75, 3.05) is 7.11 Å². The lowest BCUT2D eigenvalue weighted by atomic mass is 10.1. The summed E-state index contributed by atoms with van der Waals surface area (Å²) in [6.07, 6.45) is 1.85. The Kier molecular flexibility index (Phi) is 4.74. The third-order valence-electron chi connectivity index (χ3n) is 4.29. The van der Waals surface area contributed by atoms with E-state index in [-0.39, 0.29) is 11.9 Å². The van der Waals surface area contributed by atoms with Crippen molar-refractivity contribution >= 4 is 11.6 Å². The van der Waals surface area contributed by atoms with Crippen molar-refractivity contribution in [3.8, 4) is 5.75 Å². The topological polar surface area (TPSA) is 46.8 Å². The molecule has 130 valence electrons. The summed E-state index contributed by atoms with van der Waals surface area (Å²) in [6.45, 7) is 6.48. The molecule has 1 amide bonds. The Balaban J connectivity index is 2.03. The lowest BCUT2D eigenvalue weighted by Gasteiger charge is -2.27. The number of fused-ring (bicyclic) bond motifs is 1. The van der Waals surface area contributed by atoms with Crippen molar-refractivity contribution in [1.29, 1.82) is 0 Å². The van der Waals surface area contributed by atoms with Gasteiger partial charge in [-0.25, -0.2) is 4.98 Å². The van der Waals surface area contributed by atoms with Crippen LogP contribution in [0.15, 0.2) is 48.7 Å². The summed E-state index contributed by atoms with van der Waals surface area (Å²) in [5.74, 6) is 0.626. The molecule has 5 nitrogen and oxygen atoms in total. The van der Waals surface area contributed by atoms with Gasteiger partial charge in [0.15, 0.2) is 11.4 Å². The van der Waals surface area contributed by atoms with Gasteiger partial charge in [-0.1, -0.05) is 30.3 Å². The summed E-state index contributed by atoms with van der Waals surface area (Å²) in [5.41, 5.74) is 3.05. The first-order chi connectivity index (χ1) is 12.0. The van der Waals surface area contributed by atoms with E-state index >= 15 is 0 Å². The Morgan fingerprint density at radius 1 is 1.20 bits per heavy atom. The van der Waals surface area contributed by atoms with Crippen LogP contribution in [0.4, 0.5) is 0 Å². The fourth-order valence-electron chi connectivity index (χ4n) is 2.98. The van der Waals surface area contributed by atoms with Gasteiger partial charge >= 0.3 is 0 Å². The normalized spacial score (nSPS) is 11.1. The smallest absolute Gasteiger partial charge is 0.273 e. The lowest BCUT2D eigenvalue weighted by molar-refractivity contribution is 0.0682. The van der Waals surface area contributed by atoms with Gasteiger partial charge in [0, 0.05) is 18.8 Å². The van der Waals surface area contributed by atoms with Gasteiger partial charge in [-0.2, -0.15) is 0 Å². The van der Waals surface area contributed by atoms with E-state index < -0.39 is 0 Å². The molecule has 0 aliphatic rings. The number of pyridine rings is 1. The van der Waals surface area contributed by atoms with Gasteiger partial charge in [-0.15, -0.1) is 0 Å². The van der Waals surface area contributed by atoms with Crippen LogP contribution in [-0.2, 0) is 6.54 Å². The summed E-state index contributed by atoms with van der Waals surface area (Å²) in [7, 11) is 1.61. The second-order valence-corrected chi connectivity index (χ2v) is 6.33. The fraction of sp³-hybridized carbons (Fsp3) is 0.300. The predicted molar refractivity (Wildman–Crippen MR) is 97.9 cm³/mol. The standard InChI is InChI=1S/C20H23N3O2/c1-14(2)23(13-16-9-6-5-7-10-16)20(24)18-15(3)21-19-17(25-4)11-8-12-22(18)19/h5-12,14H,13H2,1-4H3. The summed E-state index contributed by atoms with van der Waals surface area (Å²) in [5, 5.41) is 0. The van der Waals surface area contributed by atoms with Crippen LogP contribution in [0.2, 0.25) is 0 Å². The molecule has 0 saturated carbocycles. The van der Waals surface area contributed by atoms with E-state index in [0.29, 0.717) is 29.3 Å². The van der Waals surface area contributed by atoms with E-state index in [1.54, 1.807) is 7.11 Å². The summed E-state index contributed by atoms with van der Waals surface area (Å²) >= 11 is 0. The monoisotopic (exact) mass is 337 g/mol. The number of benzene rings is 1. The number of nitrogens with zero attached hydrogens (tertiary/aromatic N) is 3. The Bertz CT molecular complexity index is 885. The fourth-order valence-corrected chi connectivity index (χ4v) is 2.98. The van der Waals surface area contributed by atoms with E-state index in [4.69, 9.17) is 4.74 Å². The first-order valence-corrected chi connectivity index (χ1v) is 8.39. The lowest BCUT2D eigenvalue weighted by Crippen LogP contribution is -2.37. The molecule has 3 aromatic rings. The van der Waals surface area contributed by atoms with Crippen LogP contribution in [0.5, 0.6) is 5.75 Å². The number of aryl methyl sites for hydroxylation is 1. The van der Waals surface area contributed by atoms with Crippen LogP contribution in [0.25, 0.3) is 5.65 Å². The number of carbonyl (C=O) groups is 1. The minimum atomic E-state index is -0.0305. The van der Waals surface area contributed by atoms with Crippen LogP contribution in [0, 0.1) is 6.92 Å². The molecule has 0 bridgehead atoms. The van der Waals surface area contributed by atoms with E-state index in [9.17, 15) is 4.79 Å². The van der Waals surface area contributed by atoms with Crippen molar-refractivity contribution in [3.05, 3.63) is 65.6 Å². The Morgan fingerprint density at radius 2 is 1.92 bits per heavy atom. The van der Waals surface area contributed by atoms with Crippen molar-refractivity contribution in [1.82, 2.24) is 14.3 Å². The second-order valence-electron chi connectivity index (χ2n) is 6.33. The minimum absolute atomic E-state index is 0.0305. The summed E-state index contributed by atoms with van der Waals surface area (Å²) < 4.78 is 7.19. The van der Waals surface area contributed by atoms with E-state index in [1.165, 1.54) is 0 Å². The molecule has 2 heterocycles. The molecule has 0 aliphatic heterocycles. The molecular weight excluding hydrogens is 314 g/mol. The molecule has 25 heavy (non-hydrogen) atoms. The molecule has 0 atom stereocenters. The van der Waals surface area contributed by atoms with Gasteiger partial charge in [-0.05, 0) is 38.5 Å². The van der Waals surface area contributed by atoms with Crippen LogP contribution in [0.3, 0.4) is 0 Å². The predicted octanol–water partition coefficient (Wildman–Crippen LogP) is 3.70. The minimum Gasteiger partial charge on any atom is -0.493 e. The summed E-state index contributed by atoms with van der Waals surface area (Å²) in [4.78, 5) is 19.7. The van der Waals surface area contributed by atoms with Gasteiger partial charge in [-0.3, -0.25) is 9.20 Å². The van der Waals surface area contributed by atoms with E-state index in [0.717, 1.165) is 5.56 Å². The van der Waals surface area contributed by atoms with E-state index in [2.05, 4.69) is 4.98 Å². The number of amides is 1. The molecule has 0 aliphatic carbocycles. The third-order valence-corrected chi connectivity index (χ3v) is 4.29. The second kappa shape index (κ2) is 6.97. The number of rotatable bonds is 5. The molecule has 0 unspecified atom stereocenters. The highest BCUT2D eigenvalue weighted by molar-refractivity contribution is 5.95. The average molecular weight is 337 g/mol. The number of hydrogen-bond donors (Lipinski definition) is 0. The maximum atomic E-state index is 13.3. The number of methoxy groups -OCH3 is 1. The van der Waals surface area contributed by atoms with Crippen molar-refractivity contribution in [3.63, 3.8) is 0 Å². The molecule has 1 aromatic carbocycles. The molecule has 0 saturated heterocycles. The Morgan fingerprint density at radius 3 is 2.56 bits per heavy atom. The third kappa shape index (κ3) is 3.22. The number of ether oxygens (including phenoxy) is 1.